The van der Waals surface area contributed by atoms with Crippen LogP contribution in [0.15, 0.2) is 24.4 Å². The van der Waals surface area contributed by atoms with Crippen LogP contribution in [0.5, 0.6) is 5.75 Å². The number of nitro groups is 1. The Morgan fingerprint density at radius 2 is 2.18 bits per heavy atom. The van der Waals surface area contributed by atoms with Gasteiger partial charge in [0.2, 0.25) is 0 Å². The van der Waals surface area contributed by atoms with Crippen LogP contribution in [-0.4, -0.2) is 21.8 Å². The number of carbonyl (C=O) groups excluding carboxylic acids is 2. The summed E-state index contributed by atoms with van der Waals surface area (Å²) in [6, 6.07) is 4.16. The lowest BCUT2D eigenvalue weighted by Gasteiger charge is -2.08. The summed E-state index contributed by atoms with van der Waals surface area (Å²) in [4.78, 5) is 36.9. The van der Waals surface area contributed by atoms with Crippen LogP contribution in [0.2, 0.25) is 5.02 Å². The minimum atomic E-state index is -0.650. The van der Waals surface area contributed by atoms with Crippen LogP contribution in [0.1, 0.15) is 17.3 Å². The molecule has 0 saturated heterocycles. The van der Waals surface area contributed by atoms with Crippen LogP contribution in [0.3, 0.4) is 0 Å². The zero-order chi connectivity index (χ0) is 16.3. The molecule has 0 atom stereocenters. The first-order valence-electron chi connectivity index (χ1n) is 5.76. The van der Waals surface area contributed by atoms with Crippen LogP contribution < -0.4 is 10.1 Å². The number of amides is 1. The molecule has 22 heavy (non-hydrogen) atoms. The summed E-state index contributed by atoms with van der Waals surface area (Å²) in [6.45, 7) is 1.19. The molecule has 0 fully saturated rings. The average molecular weight is 342 g/mol. The first kappa shape index (κ1) is 15.9. The van der Waals surface area contributed by atoms with E-state index in [1.165, 1.54) is 25.1 Å². The van der Waals surface area contributed by atoms with E-state index in [0.717, 1.165) is 6.20 Å². The van der Waals surface area contributed by atoms with Crippen LogP contribution in [0.25, 0.3) is 0 Å². The molecular weight excluding hydrogens is 334 g/mol. The van der Waals surface area contributed by atoms with Gasteiger partial charge >= 0.3 is 11.0 Å². The molecule has 1 aromatic heterocycles. The molecule has 0 spiro atoms. The Morgan fingerprint density at radius 3 is 2.77 bits per heavy atom. The maximum atomic E-state index is 12.2. The van der Waals surface area contributed by atoms with E-state index in [2.05, 4.69) is 10.3 Å². The third-order valence-electron chi connectivity index (χ3n) is 2.33. The SMILES string of the molecule is CC(=O)Oc1ccc(Cl)cc1C(=O)Nc1ncc([N+](=O)[O-])s1. The highest BCUT2D eigenvalue weighted by Gasteiger charge is 2.18. The zero-order valence-corrected chi connectivity index (χ0v) is 12.6. The van der Waals surface area contributed by atoms with Crippen LogP contribution >= 0.6 is 22.9 Å². The fourth-order valence-corrected chi connectivity index (χ4v) is 2.30. The van der Waals surface area contributed by atoms with Crippen LogP contribution in [0.4, 0.5) is 10.1 Å². The molecule has 0 bridgehead atoms. The molecule has 1 N–H and O–H groups in total. The van der Waals surface area contributed by atoms with Gasteiger partial charge in [-0.25, -0.2) is 4.98 Å². The number of nitrogens with zero attached hydrogens (tertiary/aromatic N) is 2. The Balaban J connectivity index is 2.26. The standard InChI is InChI=1S/C12H8ClN3O5S/c1-6(17)21-9-3-2-7(13)4-8(9)11(18)15-12-14-5-10(22-12)16(19)20/h2-5H,1H3,(H,14,15,18). The number of esters is 1. The molecule has 0 saturated carbocycles. The first-order chi connectivity index (χ1) is 10.4. The number of ether oxygens (including phenoxy) is 1. The molecule has 8 nitrogen and oxygen atoms in total. The van der Waals surface area contributed by atoms with E-state index in [0.29, 0.717) is 11.3 Å². The lowest BCUT2D eigenvalue weighted by molar-refractivity contribution is -0.380. The molecule has 2 aromatic rings. The van der Waals surface area contributed by atoms with Crippen molar-refractivity contribution >= 4 is 44.9 Å². The number of benzene rings is 1. The molecule has 1 heterocycles. The van der Waals surface area contributed by atoms with Crippen molar-refractivity contribution in [2.75, 3.05) is 5.32 Å². The van der Waals surface area contributed by atoms with E-state index < -0.39 is 16.8 Å². The maximum absolute atomic E-state index is 12.2. The van der Waals surface area contributed by atoms with Gasteiger partial charge in [-0.2, -0.15) is 0 Å². The van der Waals surface area contributed by atoms with Crippen molar-refractivity contribution < 1.29 is 19.2 Å². The summed E-state index contributed by atoms with van der Waals surface area (Å²) in [5.41, 5.74) is 0.0144. The summed E-state index contributed by atoms with van der Waals surface area (Å²) in [6.07, 6.45) is 1.03. The predicted octanol–water partition coefficient (Wildman–Crippen LogP) is 2.88. The summed E-state index contributed by atoms with van der Waals surface area (Å²) in [5, 5.41) is 13.1. The number of hydrogen-bond donors (Lipinski definition) is 1. The number of nitrogens with one attached hydrogen (secondary N) is 1. The van der Waals surface area contributed by atoms with Crippen molar-refractivity contribution in [3.05, 3.63) is 45.1 Å². The summed E-state index contributed by atoms with van der Waals surface area (Å²) in [7, 11) is 0. The fourth-order valence-electron chi connectivity index (χ4n) is 1.50. The van der Waals surface area contributed by atoms with Crippen molar-refractivity contribution in [1.29, 1.82) is 0 Å². The van der Waals surface area contributed by atoms with Gasteiger partial charge in [-0.15, -0.1) is 0 Å². The molecule has 1 amide bonds. The van der Waals surface area contributed by atoms with Gasteiger partial charge in [0.05, 0.1) is 10.5 Å². The van der Waals surface area contributed by atoms with E-state index in [4.69, 9.17) is 16.3 Å². The van der Waals surface area contributed by atoms with Gasteiger partial charge in [0.25, 0.3) is 5.91 Å². The number of carbonyl (C=O) groups is 2. The molecule has 1 aromatic carbocycles. The normalized spacial score (nSPS) is 10.1. The largest absolute Gasteiger partial charge is 0.426 e. The topological polar surface area (TPSA) is 111 Å². The Bertz CT molecular complexity index is 761. The minimum Gasteiger partial charge on any atom is -0.426 e. The van der Waals surface area contributed by atoms with E-state index in [1.54, 1.807) is 0 Å². The van der Waals surface area contributed by atoms with Gasteiger partial charge in [0.1, 0.15) is 11.9 Å². The highest BCUT2D eigenvalue weighted by molar-refractivity contribution is 7.18. The third kappa shape index (κ3) is 3.77. The predicted molar refractivity (Wildman–Crippen MR) is 79.5 cm³/mol. The number of rotatable bonds is 4. The highest BCUT2D eigenvalue weighted by Crippen LogP contribution is 2.28. The van der Waals surface area contributed by atoms with Gasteiger partial charge in [0, 0.05) is 11.9 Å². The molecule has 0 unspecified atom stereocenters. The maximum Gasteiger partial charge on any atom is 0.345 e. The third-order valence-corrected chi connectivity index (χ3v) is 3.43. The van der Waals surface area contributed by atoms with Crippen molar-refractivity contribution in [2.45, 2.75) is 6.92 Å². The van der Waals surface area contributed by atoms with E-state index >= 15 is 0 Å². The Labute approximate surface area is 132 Å². The number of hydrogen-bond acceptors (Lipinski definition) is 7. The zero-order valence-electron chi connectivity index (χ0n) is 11.0. The molecule has 0 radical (unpaired) electrons. The number of halogens is 1. The lowest BCUT2D eigenvalue weighted by atomic mass is 10.2. The monoisotopic (exact) mass is 341 g/mol. The van der Waals surface area contributed by atoms with Crippen molar-refractivity contribution in [1.82, 2.24) is 4.98 Å². The molecular formula is C12H8ClN3O5S. The number of anilines is 1. The van der Waals surface area contributed by atoms with Crippen LogP contribution in [-0.2, 0) is 4.79 Å². The molecule has 10 heteroatoms. The first-order valence-corrected chi connectivity index (χ1v) is 6.96. The quantitative estimate of drug-likeness (QED) is 0.396. The van der Waals surface area contributed by atoms with Crippen molar-refractivity contribution in [3.8, 4) is 5.75 Å². The summed E-state index contributed by atoms with van der Waals surface area (Å²) >= 11 is 6.53. The molecule has 0 aliphatic rings. The average Bonchev–Trinajstić information content (AvgIpc) is 2.89. The smallest absolute Gasteiger partial charge is 0.345 e. The van der Waals surface area contributed by atoms with E-state index in [1.807, 2.05) is 0 Å². The number of aromatic nitrogens is 1. The Kier molecular flexibility index (Phi) is 4.68. The van der Waals surface area contributed by atoms with Gasteiger partial charge in [-0.3, -0.25) is 25.0 Å². The number of thiazole rings is 1. The van der Waals surface area contributed by atoms with Gasteiger partial charge < -0.3 is 4.74 Å². The van der Waals surface area contributed by atoms with Crippen molar-refractivity contribution in [2.24, 2.45) is 0 Å². The second-order valence-electron chi connectivity index (χ2n) is 3.95. The van der Waals surface area contributed by atoms with E-state index in [9.17, 15) is 19.7 Å². The minimum absolute atomic E-state index is 0.0144. The second kappa shape index (κ2) is 6.50. The molecule has 2 rings (SSSR count). The molecule has 114 valence electrons. The molecule has 0 aliphatic carbocycles. The lowest BCUT2D eigenvalue weighted by Crippen LogP contribution is -2.14. The fraction of sp³-hybridized carbons (Fsp3) is 0.0833. The second-order valence-corrected chi connectivity index (χ2v) is 5.39. The van der Waals surface area contributed by atoms with Gasteiger partial charge in [-0.05, 0) is 29.5 Å². The Morgan fingerprint density at radius 1 is 1.45 bits per heavy atom. The highest BCUT2D eigenvalue weighted by atomic mass is 35.5. The van der Waals surface area contributed by atoms with Crippen molar-refractivity contribution in [3.63, 3.8) is 0 Å². The van der Waals surface area contributed by atoms with Crippen LogP contribution in [0, 0.1) is 10.1 Å². The Hall–Kier alpha value is -2.52. The summed E-state index contributed by atoms with van der Waals surface area (Å²) in [5.74, 6) is -1.22. The summed E-state index contributed by atoms with van der Waals surface area (Å²) < 4.78 is 4.92. The van der Waals surface area contributed by atoms with Gasteiger partial charge in [0.15, 0.2) is 5.13 Å². The van der Waals surface area contributed by atoms with E-state index in [-0.39, 0.29) is 26.5 Å². The molecule has 0 aliphatic heterocycles. The van der Waals surface area contributed by atoms with Gasteiger partial charge in [-0.1, -0.05) is 11.6 Å².